The second kappa shape index (κ2) is 9.94. The van der Waals surface area contributed by atoms with Gasteiger partial charge in [0.15, 0.2) is 0 Å². The van der Waals surface area contributed by atoms with Gasteiger partial charge < -0.3 is 10.6 Å². The van der Waals surface area contributed by atoms with Crippen molar-refractivity contribution in [1.29, 1.82) is 0 Å². The Morgan fingerprint density at radius 2 is 1.66 bits per heavy atom. The number of nitrogens with zero attached hydrogens (tertiary/aromatic N) is 2. The van der Waals surface area contributed by atoms with Crippen LogP contribution in [0.4, 0.5) is 17.1 Å². The van der Waals surface area contributed by atoms with Crippen molar-refractivity contribution in [2.75, 3.05) is 10.6 Å². The highest BCUT2D eigenvalue weighted by Crippen LogP contribution is 2.22. The maximum absolute atomic E-state index is 12.2. The molecule has 0 bridgehead atoms. The van der Waals surface area contributed by atoms with Crippen molar-refractivity contribution in [2.45, 2.75) is 13.3 Å². The fraction of sp³-hybridized carbons (Fsp3) is 0.0909. The minimum absolute atomic E-state index is 0.155. The topological polar surface area (TPSA) is 143 Å². The summed E-state index contributed by atoms with van der Waals surface area (Å²) in [5.74, 6) is -2.38. The Bertz CT molecular complexity index is 1230. The third-order valence-corrected chi connectivity index (χ3v) is 4.35. The lowest BCUT2D eigenvalue weighted by molar-refractivity contribution is -0.384. The molecular weight excluding hydrogens is 414 g/mol. The third kappa shape index (κ3) is 5.72. The van der Waals surface area contributed by atoms with Crippen LogP contribution < -0.4 is 16.1 Å². The molecule has 0 saturated heterocycles. The standard InChI is InChI=1S/C22H19N5O5/c1-14(12-20(28)23-16-8-5-9-17(13-16)27(31)32)25-26-22(30)21(29)24-19-11-4-7-15-6-2-3-10-18(15)19/h2-11,13H,12H2,1H3,(H,23,28)(H,24,29)(H,26,30)/b25-14-. The van der Waals surface area contributed by atoms with Crippen molar-refractivity contribution < 1.29 is 19.3 Å². The van der Waals surface area contributed by atoms with Crippen LogP contribution in [0, 0.1) is 10.1 Å². The van der Waals surface area contributed by atoms with Crippen LogP contribution in [0.15, 0.2) is 71.8 Å². The predicted octanol–water partition coefficient (Wildman–Crippen LogP) is 3.21. The highest BCUT2D eigenvalue weighted by atomic mass is 16.6. The van der Waals surface area contributed by atoms with Gasteiger partial charge in [-0.25, -0.2) is 5.43 Å². The summed E-state index contributed by atoms with van der Waals surface area (Å²) in [6.07, 6.45) is -0.187. The molecule has 0 aromatic heterocycles. The minimum atomic E-state index is -0.989. The minimum Gasteiger partial charge on any atom is -0.326 e. The van der Waals surface area contributed by atoms with Gasteiger partial charge in [0.25, 0.3) is 5.69 Å². The summed E-state index contributed by atoms with van der Waals surface area (Å²) in [6, 6.07) is 18.2. The fourth-order valence-corrected chi connectivity index (χ4v) is 2.88. The summed E-state index contributed by atoms with van der Waals surface area (Å²) < 4.78 is 0. The van der Waals surface area contributed by atoms with Crippen LogP contribution in [0.25, 0.3) is 10.8 Å². The number of anilines is 2. The van der Waals surface area contributed by atoms with Gasteiger partial charge in [0.1, 0.15) is 0 Å². The normalized spacial score (nSPS) is 11.0. The number of hydrogen-bond acceptors (Lipinski definition) is 6. The van der Waals surface area contributed by atoms with Gasteiger partial charge in [-0.3, -0.25) is 24.5 Å². The van der Waals surface area contributed by atoms with E-state index in [9.17, 15) is 24.5 Å². The van der Waals surface area contributed by atoms with Gasteiger partial charge in [-0.1, -0.05) is 42.5 Å². The van der Waals surface area contributed by atoms with Crippen LogP contribution in [0.3, 0.4) is 0 Å². The van der Waals surface area contributed by atoms with E-state index in [1.807, 2.05) is 30.3 Å². The van der Waals surface area contributed by atoms with Gasteiger partial charge in [0, 0.05) is 34.6 Å². The quantitative estimate of drug-likeness (QED) is 0.237. The van der Waals surface area contributed by atoms with Crippen LogP contribution in [-0.2, 0) is 14.4 Å². The average Bonchev–Trinajstić information content (AvgIpc) is 2.77. The predicted molar refractivity (Wildman–Crippen MR) is 120 cm³/mol. The number of nitro benzene ring substituents is 1. The zero-order valence-electron chi connectivity index (χ0n) is 17.0. The number of carbonyl (C=O) groups excluding carboxylic acids is 3. The Hall–Kier alpha value is -4.60. The molecule has 3 amide bonds. The van der Waals surface area contributed by atoms with E-state index in [-0.39, 0.29) is 23.5 Å². The second-order valence-corrected chi connectivity index (χ2v) is 6.80. The van der Waals surface area contributed by atoms with E-state index >= 15 is 0 Å². The number of rotatable bonds is 6. The van der Waals surface area contributed by atoms with Gasteiger partial charge in [0.05, 0.1) is 11.3 Å². The number of amides is 3. The lowest BCUT2D eigenvalue weighted by Gasteiger charge is -2.08. The number of fused-ring (bicyclic) bond motifs is 1. The molecule has 0 fully saturated rings. The first-order valence-electron chi connectivity index (χ1n) is 9.50. The number of nitro groups is 1. The maximum atomic E-state index is 12.2. The Morgan fingerprint density at radius 3 is 2.44 bits per heavy atom. The number of hydrogen-bond donors (Lipinski definition) is 3. The van der Waals surface area contributed by atoms with Gasteiger partial charge in [-0.2, -0.15) is 5.10 Å². The lowest BCUT2D eigenvalue weighted by atomic mass is 10.1. The zero-order chi connectivity index (χ0) is 23.1. The van der Waals surface area contributed by atoms with E-state index in [2.05, 4.69) is 21.2 Å². The van der Waals surface area contributed by atoms with Gasteiger partial charge in [-0.05, 0) is 24.4 Å². The molecule has 0 heterocycles. The van der Waals surface area contributed by atoms with Crippen molar-refractivity contribution in [3.8, 4) is 0 Å². The summed E-state index contributed by atoms with van der Waals surface area (Å²) in [5, 5.41) is 21.3. The summed E-state index contributed by atoms with van der Waals surface area (Å²) in [6.45, 7) is 1.50. The molecule has 0 saturated carbocycles. The van der Waals surface area contributed by atoms with E-state index in [0.717, 1.165) is 10.8 Å². The van der Waals surface area contributed by atoms with Crippen molar-refractivity contribution >= 4 is 51.3 Å². The molecule has 10 nitrogen and oxygen atoms in total. The molecule has 0 unspecified atom stereocenters. The average molecular weight is 433 g/mol. The van der Waals surface area contributed by atoms with Crippen LogP contribution in [0.1, 0.15) is 13.3 Å². The third-order valence-electron chi connectivity index (χ3n) is 4.35. The van der Waals surface area contributed by atoms with Crippen molar-refractivity contribution in [2.24, 2.45) is 5.10 Å². The van der Waals surface area contributed by atoms with Crippen LogP contribution in [0.5, 0.6) is 0 Å². The molecule has 3 N–H and O–H groups in total. The summed E-state index contributed by atoms with van der Waals surface area (Å²) in [4.78, 5) is 46.6. The van der Waals surface area contributed by atoms with E-state index < -0.39 is 22.6 Å². The first-order valence-corrected chi connectivity index (χ1v) is 9.50. The van der Waals surface area contributed by atoms with Gasteiger partial charge in [0.2, 0.25) is 5.91 Å². The molecular formula is C22H19N5O5. The summed E-state index contributed by atoms with van der Waals surface area (Å²) in [5.41, 5.74) is 2.94. The van der Waals surface area contributed by atoms with E-state index in [0.29, 0.717) is 5.69 Å². The number of carbonyl (C=O) groups is 3. The zero-order valence-corrected chi connectivity index (χ0v) is 17.0. The van der Waals surface area contributed by atoms with Crippen molar-refractivity contribution in [3.63, 3.8) is 0 Å². The van der Waals surface area contributed by atoms with Crippen LogP contribution >= 0.6 is 0 Å². The fourth-order valence-electron chi connectivity index (χ4n) is 2.88. The highest BCUT2D eigenvalue weighted by molar-refractivity contribution is 6.40. The SMILES string of the molecule is C/C(CC(=O)Nc1cccc([N+](=O)[O-])c1)=N/NC(=O)C(=O)Nc1cccc2ccccc12. The van der Waals surface area contributed by atoms with Crippen molar-refractivity contribution in [3.05, 3.63) is 76.8 Å². The van der Waals surface area contributed by atoms with Crippen LogP contribution in [0.2, 0.25) is 0 Å². The summed E-state index contributed by atoms with van der Waals surface area (Å²) >= 11 is 0. The second-order valence-electron chi connectivity index (χ2n) is 6.80. The Morgan fingerprint density at radius 1 is 0.938 bits per heavy atom. The van der Waals surface area contributed by atoms with Crippen LogP contribution in [-0.4, -0.2) is 28.4 Å². The smallest absolute Gasteiger partial charge is 0.326 e. The molecule has 32 heavy (non-hydrogen) atoms. The molecule has 0 aliphatic heterocycles. The van der Waals surface area contributed by atoms with Gasteiger partial charge >= 0.3 is 11.8 Å². The first kappa shape index (κ1) is 22.1. The van der Waals surface area contributed by atoms with E-state index in [4.69, 9.17) is 0 Å². The Balaban J connectivity index is 1.55. The number of hydrazone groups is 1. The number of nitrogens with one attached hydrogen (secondary N) is 3. The molecule has 3 rings (SSSR count). The molecule has 0 radical (unpaired) electrons. The molecule has 3 aromatic rings. The number of non-ortho nitro benzene ring substituents is 1. The monoisotopic (exact) mass is 433 g/mol. The number of benzene rings is 3. The molecule has 162 valence electrons. The van der Waals surface area contributed by atoms with E-state index in [1.54, 1.807) is 12.1 Å². The Kier molecular flexibility index (Phi) is 6.86. The lowest BCUT2D eigenvalue weighted by Crippen LogP contribution is -2.33. The molecule has 10 heteroatoms. The highest BCUT2D eigenvalue weighted by Gasteiger charge is 2.15. The van der Waals surface area contributed by atoms with Crippen molar-refractivity contribution in [1.82, 2.24) is 5.43 Å². The molecule has 0 aliphatic rings. The summed E-state index contributed by atoms with van der Waals surface area (Å²) in [7, 11) is 0. The largest absolute Gasteiger partial charge is 0.329 e. The molecule has 0 atom stereocenters. The van der Waals surface area contributed by atoms with Gasteiger partial charge in [-0.15, -0.1) is 0 Å². The molecule has 3 aromatic carbocycles. The Labute approximate surface area is 182 Å². The van der Waals surface area contributed by atoms with E-state index in [1.165, 1.54) is 31.2 Å². The molecule has 0 aliphatic carbocycles. The first-order chi connectivity index (χ1) is 15.3. The molecule has 0 spiro atoms. The maximum Gasteiger partial charge on any atom is 0.329 e.